The predicted octanol–water partition coefficient (Wildman–Crippen LogP) is 4.43. The van der Waals surface area contributed by atoms with E-state index in [1.165, 1.54) is 12.1 Å². The summed E-state index contributed by atoms with van der Waals surface area (Å²) in [6, 6.07) is 13.3. The molecule has 0 saturated carbocycles. The van der Waals surface area contributed by atoms with Gasteiger partial charge in [-0.1, -0.05) is 32.0 Å². The first-order valence-corrected chi connectivity index (χ1v) is 10.1. The lowest BCUT2D eigenvalue weighted by Crippen LogP contribution is -2.49. The number of hydrogen-bond acceptors (Lipinski definition) is 2. The number of nitrogens with zero attached hydrogens (tertiary/aromatic N) is 2. The van der Waals surface area contributed by atoms with Crippen LogP contribution in [0, 0.1) is 11.7 Å². The van der Waals surface area contributed by atoms with E-state index in [1.54, 1.807) is 40.1 Å². The number of carbonyl (C=O) groups is 2. The molecule has 6 heteroatoms. The van der Waals surface area contributed by atoms with Crippen molar-refractivity contribution >= 4 is 17.6 Å². The van der Waals surface area contributed by atoms with Crippen molar-refractivity contribution in [1.29, 1.82) is 0 Å². The summed E-state index contributed by atoms with van der Waals surface area (Å²) in [4.78, 5) is 28.9. The van der Waals surface area contributed by atoms with Gasteiger partial charge in [-0.3, -0.25) is 9.69 Å². The lowest BCUT2D eigenvalue weighted by molar-refractivity contribution is 0.0952. The van der Waals surface area contributed by atoms with Gasteiger partial charge in [0.15, 0.2) is 0 Å². The van der Waals surface area contributed by atoms with Crippen LogP contribution in [0.3, 0.4) is 0 Å². The highest BCUT2D eigenvalue weighted by Crippen LogP contribution is 2.23. The van der Waals surface area contributed by atoms with Crippen molar-refractivity contribution in [1.82, 2.24) is 10.2 Å². The highest BCUT2D eigenvalue weighted by Gasteiger charge is 2.27. The van der Waals surface area contributed by atoms with Gasteiger partial charge in [0, 0.05) is 37.4 Å². The van der Waals surface area contributed by atoms with E-state index in [4.69, 9.17) is 0 Å². The van der Waals surface area contributed by atoms with Crippen molar-refractivity contribution in [3.63, 3.8) is 0 Å². The number of rotatable bonds is 7. The fourth-order valence-electron chi connectivity index (χ4n) is 3.37. The zero-order valence-electron chi connectivity index (χ0n) is 17.0. The Kier molecular flexibility index (Phi) is 6.86. The van der Waals surface area contributed by atoms with Crippen molar-refractivity contribution in [2.75, 3.05) is 24.5 Å². The molecule has 0 aliphatic carbocycles. The van der Waals surface area contributed by atoms with E-state index in [2.05, 4.69) is 19.2 Å². The Hall–Kier alpha value is -2.89. The molecule has 1 heterocycles. The topological polar surface area (TPSA) is 52.7 Å². The fourth-order valence-corrected chi connectivity index (χ4v) is 3.37. The Morgan fingerprint density at radius 1 is 1.14 bits per heavy atom. The molecule has 29 heavy (non-hydrogen) atoms. The molecule has 0 aromatic heterocycles. The monoisotopic (exact) mass is 397 g/mol. The minimum atomic E-state index is -0.288. The molecule has 3 rings (SSSR count). The van der Waals surface area contributed by atoms with Crippen molar-refractivity contribution < 1.29 is 14.0 Å². The molecule has 2 aromatic carbocycles. The molecule has 1 saturated heterocycles. The third kappa shape index (κ3) is 5.56. The molecule has 1 fully saturated rings. The van der Waals surface area contributed by atoms with E-state index in [0.29, 0.717) is 37.7 Å². The summed E-state index contributed by atoms with van der Waals surface area (Å²) < 4.78 is 13.1. The highest BCUT2D eigenvalue weighted by molar-refractivity contribution is 5.98. The van der Waals surface area contributed by atoms with Gasteiger partial charge in [0.1, 0.15) is 5.82 Å². The summed E-state index contributed by atoms with van der Waals surface area (Å²) >= 11 is 0. The highest BCUT2D eigenvalue weighted by atomic mass is 19.1. The van der Waals surface area contributed by atoms with E-state index < -0.39 is 0 Å². The summed E-state index contributed by atoms with van der Waals surface area (Å²) in [6.45, 7) is 6.57. The van der Waals surface area contributed by atoms with Crippen LogP contribution in [0.2, 0.25) is 0 Å². The Labute approximate surface area is 171 Å². The molecule has 1 aliphatic heterocycles. The van der Waals surface area contributed by atoms with Gasteiger partial charge in [0.05, 0.1) is 0 Å². The third-order valence-electron chi connectivity index (χ3n) is 5.03. The van der Waals surface area contributed by atoms with Crippen LogP contribution in [0.5, 0.6) is 0 Å². The molecular weight excluding hydrogens is 369 g/mol. The molecule has 5 nitrogen and oxygen atoms in total. The molecule has 3 amide bonds. The number of benzene rings is 2. The first-order chi connectivity index (χ1) is 13.9. The standard InChI is InChI=1S/C23H28FN3O2/c1-17(2)11-12-25-22(28)19-5-3-6-21(15-19)27-14-4-13-26(23(27)29)16-18-7-9-20(24)10-8-18/h3,5-10,15,17H,4,11-14,16H2,1-2H3,(H,25,28). The summed E-state index contributed by atoms with van der Waals surface area (Å²) in [5.41, 5.74) is 2.16. The maximum atomic E-state index is 13.1. The zero-order chi connectivity index (χ0) is 20.8. The Morgan fingerprint density at radius 2 is 1.90 bits per heavy atom. The van der Waals surface area contributed by atoms with Crippen LogP contribution in [-0.4, -0.2) is 36.5 Å². The maximum absolute atomic E-state index is 13.1. The fraction of sp³-hybridized carbons (Fsp3) is 0.391. The van der Waals surface area contributed by atoms with Gasteiger partial charge >= 0.3 is 6.03 Å². The largest absolute Gasteiger partial charge is 0.352 e. The SMILES string of the molecule is CC(C)CCNC(=O)c1cccc(N2CCCN(Cc3ccc(F)cc3)C2=O)c1. The maximum Gasteiger partial charge on any atom is 0.324 e. The van der Waals surface area contributed by atoms with Crippen LogP contribution >= 0.6 is 0 Å². The summed E-state index contributed by atoms with van der Waals surface area (Å²) in [5, 5.41) is 2.93. The second-order valence-corrected chi connectivity index (χ2v) is 7.82. The number of halogens is 1. The normalized spacial score (nSPS) is 14.4. The third-order valence-corrected chi connectivity index (χ3v) is 5.03. The molecule has 0 unspecified atom stereocenters. The van der Waals surface area contributed by atoms with Crippen LogP contribution in [-0.2, 0) is 6.54 Å². The van der Waals surface area contributed by atoms with Crippen LogP contribution in [0.4, 0.5) is 14.9 Å². The Morgan fingerprint density at radius 3 is 2.62 bits per heavy atom. The molecule has 154 valence electrons. The second-order valence-electron chi connectivity index (χ2n) is 7.82. The number of carbonyl (C=O) groups excluding carboxylic acids is 2. The minimum absolute atomic E-state index is 0.0991. The molecule has 0 atom stereocenters. The Bertz CT molecular complexity index is 851. The van der Waals surface area contributed by atoms with Gasteiger partial charge in [-0.15, -0.1) is 0 Å². The average molecular weight is 397 g/mol. The van der Waals surface area contributed by atoms with E-state index >= 15 is 0 Å². The molecule has 2 aromatic rings. The zero-order valence-corrected chi connectivity index (χ0v) is 17.0. The van der Waals surface area contributed by atoms with E-state index in [1.807, 2.05) is 6.07 Å². The number of nitrogens with one attached hydrogen (secondary N) is 1. The number of amides is 3. The van der Waals surface area contributed by atoms with Crippen molar-refractivity contribution in [3.8, 4) is 0 Å². The minimum Gasteiger partial charge on any atom is -0.352 e. The summed E-state index contributed by atoms with van der Waals surface area (Å²) in [5.74, 6) is 0.114. The molecule has 1 N–H and O–H groups in total. The van der Waals surface area contributed by atoms with E-state index in [-0.39, 0.29) is 17.8 Å². The predicted molar refractivity (Wildman–Crippen MR) is 112 cm³/mol. The smallest absolute Gasteiger partial charge is 0.324 e. The van der Waals surface area contributed by atoms with Crippen LogP contribution < -0.4 is 10.2 Å². The van der Waals surface area contributed by atoms with Crippen LogP contribution in [0.25, 0.3) is 0 Å². The van der Waals surface area contributed by atoms with Crippen LogP contribution in [0.1, 0.15) is 42.6 Å². The lowest BCUT2D eigenvalue weighted by Gasteiger charge is -2.35. The lowest BCUT2D eigenvalue weighted by atomic mass is 10.1. The average Bonchev–Trinajstić information content (AvgIpc) is 2.71. The van der Waals surface area contributed by atoms with Crippen molar-refractivity contribution in [3.05, 3.63) is 65.5 Å². The first-order valence-electron chi connectivity index (χ1n) is 10.1. The van der Waals surface area contributed by atoms with Gasteiger partial charge in [0.2, 0.25) is 0 Å². The number of urea groups is 1. The Balaban J connectivity index is 1.68. The van der Waals surface area contributed by atoms with Gasteiger partial charge < -0.3 is 10.2 Å². The van der Waals surface area contributed by atoms with Gasteiger partial charge in [-0.2, -0.15) is 0 Å². The van der Waals surface area contributed by atoms with Crippen molar-refractivity contribution in [2.45, 2.75) is 33.2 Å². The number of anilines is 1. The first kappa shape index (κ1) is 20.8. The van der Waals surface area contributed by atoms with Gasteiger partial charge in [-0.05, 0) is 54.7 Å². The summed E-state index contributed by atoms with van der Waals surface area (Å²) in [6.07, 6.45) is 1.76. The summed E-state index contributed by atoms with van der Waals surface area (Å²) in [7, 11) is 0. The molecule has 1 aliphatic rings. The molecular formula is C23H28FN3O2. The second kappa shape index (κ2) is 9.54. The molecule has 0 spiro atoms. The van der Waals surface area contributed by atoms with E-state index in [0.717, 1.165) is 24.1 Å². The molecule has 0 radical (unpaired) electrons. The van der Waals surface area contributed by atoms with Crippen molar-refractivity contribution in [2.24, 2.45) is 5.92 Å². The van der Waals surface area contributed by atoms with E-state index in [9.17, 15) is 14.0 Å². The van der Waals surface area contributed by atoms with Gasteiger partial charge in [-0.25, -0.2) is 9.18 Å². The van der Waals surface area contributed by atoms with Crippen LogP contribution in [0.15, 0.2) is 48.5 Å². The van der Waals surface area contributed by atoms with Gasteiger partial charge in [0.25, 0.3) is 5.91 Å². The number of hydrogen-bond donors (Lipinski definition) is 1. The quantitative estimate of drug-likeness (QED) is 0.751. The molecule has 0 bridgehead atoms.